The molecule has 0 fully saturated rings. The zero-order valence-electron chi connectivity index (χ0n) is 8.42. The van der Waals surface area contributed by atoms with Crippen LogP contribution < -0.4 is 0 Å². The van der Waals surface area contributed by atoms with Crippen molar-refractivity contribution in [2.45, 2.75) is 6.10 Å². The molecule has 16 heavy (non-hydrogen) atoms. The van der Waals surface area contributed by atoms with Gasteiger partial charge in [-0.3, -0.25) is 0 Å². The largest absolute Gasteiger partial charge is 0.381 e. The first kappa shape index (κ1) is 9.57. The second kappa shape index (κ2) is 3.73. The number of aromatic amines is 1. The molecule has 0 amide bonds. The van der Waals surface area contributed by atoms with Crippen LogP contribution in [0.1, 0.15) is 16.7 Å². The topological polar surface area (TPSA) is 48.9 Å². The minimum Gasteiger partial charge on any atom is -0.381 e. The summed E-state index contributed by atoms with van der Waals surface area (Å²) in [5.74, 6) is 0. The van der Waals surface area contributed by atoms with Crippen LogP contribution in [0.25, 0.3) is 10.1 Å². The molecule has 0 radical (unpaired) electrons. The number of benzene rings is 1. The highest BCUT2D eigenvalue weighted by molar-refractivity contribution is 7.19. The lowest BCUT2D eigenvalue weighted by molar-refractivity contribution is 0.220. The van der Waals surface area contributed by atoms with Crippen molar-refractivity contribution in [3.8, 4) is 0 Å². The normalized spacial score (nSPS) is 13.1. The van der Waals surface area contributed by atoms with E-state index in [0.29, 0.717) is 0 Å². The number of aliphatic hydroxyl groups excluding tert-OH is 1. The standard InChI is InChI=1S/C12H10N2OS/c15-12(9-6-13-7-14-9)11-5-8-3-1-2-4-10(8)16-11/h1-7,12,15H,(H,13,14). The van der Waals surface area contributed by atoms with Crippen LogP contribution in [0.4, 0.5) is 0 Å². The van der Waals surface area contributed by atoms with Gasteiger partial charge in [0.25, 0.3) is 0 Å². The molecule has 0 aliphatic rings. The van der Waals surface area contributed by atoms with Crippen molar-refractivity contribution in [1.82, 2.24) is 9.97 Å². The summed E-state index contributed by atoms with van der Waals surface area (Å²) < 4.78 is 1.19. The van der Waals surface area contributed by atoms with Gasteiger partial charge in [0, 0.05) is 9.58 Å². The van der Waals surface area contributed by atoms with Crippen LogP contribution in [0, 0.1) is 0 Å². The van der Waals surface area contributed by atoms with Gasteiger partial charge >= 0.3 is 0 Å². The summed E-state index contributed by atoms with van der Waals surface area (Å²) in [6.45, 7) is 0. The maximum Gasteiger partial charge on any atom is 0.129 e. The first-order valence-electron chi connectivity index (χ1n) is 4.99. The van der Waals surface area contributed by atoms with E-state index in [2.05, 4.69) is 22.1 Å². The van der Waals surface area contributed by atoms with Crippen molar-refractivity contribution < 1.29 is 5.11 Å². The molecular formula is C12H10N2OS. The Bertz CT molecular complexity index is 567. The Morgan fingerprint density at radius 3 is 2.94 bits per heavy atom. The molecule has 80 valence electrons. The predicted molar refractivity (Wildman–Crippen MR) is 64.5 cm³/mol. The number of nitrogens with one attached hydrogen (secondary N) is 1. The summed E-state index contributed by atoms with van der Waals surface area (Å²) in [6.07, 6.45) is 2.61. The van der Waals surface area contributed by atoms with Gasteiger partial charge in [-0.1, -0.05) is 18.2 Å². The van der Waals surface area contributed by atoms with Crippen LogP contribution in [0.15, 0.2) is 42.9 Å². The molecule has 0 aliphatic carbocycles. The molecule has 4 heteroatoms. The molecule has 0 saturated heterocycles. The number of rotatable bonds is 2. The summed E-state index contributed by atoms with van der Waals surface area (Å²) in [4.78, 5) is 7.77. The molecule has 0 spiro atoms. The van der Waals surface area contributed by atoms with Gasteiger partial charge in [-0.15, -0.1) is 11.3 Å². The van der Waals surface area contributed by atoms with Crippen LogP contribution in [0.3, 0.4) is 0 Å². The van der Waals surface area contributed by atoms with Crippen LogP contribution in [-0.4, -0.2) is 15.1 Å². The van der Waals surface area contributed by atoms with E-state index < -0.39 is 6.10 Å². The third-order valence-electron chi connectivity index (χ3n) is 2.53. The quantitative estimate of drug-likeness (QED) is 0.711. The number of nitrogens with zero attached hydrogens (tertiary/aromatic N) is 1. The molecule has 0 saturated carbocycles. The van der Waals surface area contributed by atoms with Crippen molar-refractivity contribution in [3.63, 3.8) is 0 Å². The minimum atomic E-state index is -0.611. The zero-order valence-corrected chi connectivity index (χ0v) is 9.24. The van der Waals surface area contributed by atoms with Crippen LogP contribution >= 0.6 is 11.3 Å². The summed E-state index contributed by atoms with van der Waals surface area (Å²) in [7, 11) is 0. The fourth-order valence-corrected chi connectivity index (χ4v) is 2.78. The Morgan fingerprint density at radius 2 is 2.19 bits per heavy atom. The van der Waals surface area contributed by atoms with Gasteiger partial charge in [0.2, 0.25) is 0 Å². The first-order chi connectivity index (χ1) is 7.84. The lowest BCUT2D eigenvalue weighted by Crippen LogP contribution is -1.96. The van der Waals surface area contributed by atoms with Crippen molar-refractivity contribution in [2.24, 2.45) is 0 Å². The molecule has 3 nitrogen and oxygen atoms in total. The molecule has 0 bridgehead atoms. The lowest BCUT2D eigenvalue weighted by atomic mass is 10.2. The second-order valence-electron chi connectivity index (χ2n) is 3.60. The minimum absolute atomic E-state index is 0.611. The van der Waals surface area contributed by atoms with Gasteiger partial charge in [-0.05, 0) is 17.5 Å². The van der Waals surface area contributed by atoms with Crippen LogP contribution in [-0.2, 0) is 0 Å². The van der Waals surface area contributed by atoms with Gasteiger partial charge < -0.3 is 10.1 Å². The van der Waals surface area contributed by atoms with Crippen molar-refractivity contribution in [2.75, 3.05) is 0 Å². The van der Waals surface area contributed by atoms with Gasteiger partial charge in [-0.25, -0.2) is 4.98 Å². The van der Waals surface area contributed by atoms with E-state index in [9.17, 15) is 5.11 Å². The van der Waals surface area contributed by atoms with E-state index in [1.54, 1.807) is 23.9 Å². The Balaban J connectivity index is 2.06. The third kappa shape index (κ3) is 1.52. The molecule has 2 aromatic heterocycles. The molecule has 2 heterocycles. The highest BCUT2D eigenvalue weighted by Gasteiger charge is 2.14. The Kier molecular flexibility index (Phi) is 2.23. The molecular weight excluding hydrogens is 220 g/mol. The highest BCUT2D eigenvalue weighted by Crippen LogP contribution is 2.32. The van der Waals surface area contributed by atoms with E-state index >= 15 is 0 Å². The number of hydrogen-bond acceptors (Lipinski definition) is 3. The van der Waals surface area contributed by atoms with Crippen LogP contribution in [0.5, 0.6) is 0 Å². The summed E-state index contributed by atoms with van der Waals surface area (Å²) >= 11 is 1.61. The molecule has 3 aromatic rings. The number of aromatic nitrogens is 2. The monoisotopic (exact) mass is 230 g/mol. The van der Waals surface area contributed by atoms with E-state index in [-0.39, 0.29) is 0 Å². The molecule has 0 aliphatic heterocycles. The molecule has 2 N–H and O–H groups in total. The predicted octanol–water partition coefficient (Wildman–Crippen LogP) is 2.71. The molecule has 3 rings (SSSR count). The number of aliphatic hydroxyl groups is 1. The van der Waals surface area contributed by atoms with Crippen molar-refractivity contribution in [3.05, 3.63) is 53.4 Å². The average Bonchev–Trinajstić information content (AvgIpc) is 2.97. The van der Waals surface area contributed by atoms with Gasteiger partial charge in [0.15, 0.2) is 0 Å². The van der Waals surface area contributed by atoms with Gasteiger partial charge in [0.1, 0.15) is 6.10 Å². The summed E-state index contributed by atoms with van der Waals surface area (Å²) in [5.41, 5.74) is 0.728. The maximum atomic E-state index is 10.1. The van der Waals surface area contributed by atoms with E-state index in [4.69, 9.17) is 0 Å². The zero-order chi connectivity index (χ0) is 11.0. The van der Waals surface area contributed by atoms with Crippen molar-refractivity contribution in [1.29, 1.82) is 0 Å². The van der Waals surface area contributed by atoms with E-state index in [1.807, 2.05) is 18.2 Å². The third-order valence-corrected chi connectivity index (χ3v) is 3.70. The fraction of sp³-hybridized carbons (Fsp3) is 0.0833. The number of fused-ring (bicyclic) bond motifs is 1. The number of thiophene rings is 1. The molecule has 1 aromatic carbocycles. The number of imidazole rings is 1. The Labute approximate surface area is 96.4 Å². The summed E-state index contributed by atoms with van der Waals surface area (Å²) in [5, 5.41) is 11.3. The van der Waals surface area contributed by atoms with E-state index in [1.165, 1.54) is 10.1 Å². The van der Waals surface area contributed by atoms with Gasteiger partial charge in [-0.2, -0.15) is 0 Å². The average molecular weight is 230 g/mol. The second-order valence-corrected chi connectivity index (χ2v) is 4.71. The number of hydrogen-bond donors (Lipinski definition) is 2. The summed E-state index contributed by atoms with van der Waals surface area (Å²) in [6, 6.07) is 10.1. The first-order valence-corrected chi connectivity index (χ1v) is 5.81. The van der Waals surface area contributed by atoms with Crippen molar-refractivity contribution >= 4 is 21.4 Å². The smallest absolute Gasteiger partial charge is 0.129 e. The van der Waals surface area contributed by atoms with Crippen LogP contribution in [0.2, 0.25) is 0 Å². The number of H-pyrrole nitrogens is 1. The maximum absolute atomic E-state index is 10.1. The molecule has 1 unspecified atom stereocenters. The fourth-order valence-electron chi connectivity index (χ4n) is 1.71. The van der Waals surface area contributed by atoms with E-state index in [0.717, 1.165) is 10.6 Å². The Morgan fingerprint density at radius 1 is 1.31 bits per heavy atom. The molecule has 1 atom stereocenters. The Hall–Kier alpha value is -1.65. The lowest BCUT2D eigenvalue weighted by Gasteiger charge is -2.03. The highest BCUT2D eigenvalue weighted by atomic mass is 32.1. The van der Waals surface area contributed by atoms with Gasteiger partial charge in [0.05, 0.1) is 18.2 Å². The SMILES string of the molecule is OC(c1cnc[nH]1)c1cc2ccccc2s1.